The van der Waals surface area contributed by atoms with Crippen molar-refractivity contribution in [2.75, 3.05) is 0 Å². The van der Waals surface area contributed by atoms with E-state index in [2.05, 4.69) is 16.5 Å². The van der Waals surface area contributed by atoms with E-state index >= 15 is 0 Å². The third-order valence-electron chi connectivity index (χ3n) is 4.34. The first kappa shape index (κ1) is 13.3. The lowest BCUT2D eigenvalue weighted by Crippen LogP contribution is -2.16. The minimum atomic E-state index is 0.418. The molecule has 1 aromatic carbocycles. The Morgan fingerprint density at radius 1 is 1.37 bits per heavy atom. The number of hydrogen-bond donors (Lipinski definition) is 0. The van der Waals surface area contributed by atoms with Crippen LogP contribution in [0.15, 0.2) is 18.2 Å². The maximum atomic E-state index is 6.38. The Morgan fingerprint density at radius 3 is 2.79 bits per heavy atom. The highest BCUT2D eigenvalue weighted by molar-refractivity contribution is 6.35. The second-order valence-electron chi connectivity index (χ2n) is 5.42. The van der Waals surface area contributed by atoms with Gasteiger partial charge in [-0.25, -0.2) is 4.98 Å². The minimum Gasteiger partial charge on any atom is -0.323 e. The molecular formula is C15H18Cl2N2. The van der Waals surface area contributed by atoms with Gasteiger partial charge in [-0.15, -0.1) is 11.6 Å². The number of aromatic nitrogens is 2. The molecule has 0 spiro atoms. The molecule has 4 heteroatoms. The summed E-state index contributed by atoms with van der Waals surface area (Å²) < 4.78 is 2.26. The second kappa shape index (κ2) is 5.34. The molecule has 1 heterocycles. The van der Waals surface area contributed by atoms with Gasteiger partial charge >= 0.3 is 0 Å². The Hall–Kier alpha value is -0.730. The van der Waals surface area contributed by atoms with Crippen molar-refractivity contribution in [1.82, 2.24) is 9.55 Å². The Morgan fingerprint density at radius 2 is 2.11 bits per heavy atom. The predicted molar refractivity (Wildman–Crippen MR) is 81.0 cm³/mol. The zero-order chi connectivity index (χ0) is 13.4. The smallest absolute Gasteiger partial charge is 0.125 e. The van der Waals surface area contributed by atoms with E-state index in [-0.39, 0.29) is 0 Å². The summed E-state index contributed by atoms with van der Waals surface area (Å²) in [4.78, 5) is 4.63. The molecule has 3 rings (SSSR count). The first-order valence-corrected chi connectivity index (χ1v) is 7.85. The normalized spacial score (nSPS) is 18.3. The van der Waals surface area contributed by atoms with E-state index in [9.17, 15) is 0 Å². The number of imidazole rings is 1. The second-order valence-corrected chi connectivity index (χ2v) is 6.10. The van der Waals surface area contributed by atoms with Crippen LogP contribution in [0, 0.1) is 5.92 Å². The average Bonchev–Trinajstić information content (AvgIpc) is 3.05. The van der Waals surface area contributed by atoms with Gasteiger partial charge in [0.2, 0.25) is 0 Å². The molecule has 2 aromatic rings. The summed E-state index contributed by atoms with van der Waals surface area (Å²) in [5.41, 5.74) is 1.99. The van der Waals surface area contributed by atoms with Crippen LogP contribution in [0.5, 0.6) is 0 Å². The molecule has 102 valence electrons. The highest BCUT2D eigenvalue weighted by Crippen LogP contribution is 2.38. The summed E-state index contributed by atoms with van der Waals surface area (Å²) in [6.45, 7) is 2.27. The maximum Gasteiger partial charge on any atom is 0.125 e. The van der Waals surface area contributed by atoms with Gasteiger partial charge < -0.3 is 4.57 Å². The van der Waals surface area contributed by atoms with E-state index in [1.165, 1.54) is 25.7 Å². The maximum absolute atomic E-state index is 6.38. The third-order valence-corrected chi connectivity index (χ3v) is 4.89. The molecule has 1 atom stereocenters. The Labute approximate surface area is 123 Å². The first-order valence-electron chi connectivity index (χ1n) is 6.93. The van der Waals surface area contributed by atoms with Crippen LogP contribution in [-0.4, -0.2) is 9.55 Å². The van der Waals surface area contributed by atoms with Crippen LogP contribution in [0.3, 0.4) is 0 Å². The van der Waals surface area contributed by atoms with Gasteiger partial charge in [0, 0.05) is 6.04 Å². The fraction of sp³-hybridized carbons (Fsp3) is 0.533. The summed E-state index contributed by atoms with van der Waals surface area (Å²) in [6.07, 6.45) is 5.27. The van der Waals surface area contributed by atoms with Crippen molar-refractivity contribution in [2.24, 2.45) is 5.92 Å². The van der Waals surface area contributed by atoms with Crippen molar-refractivity contribution < 1.29 is 0 Å². The SMILES string of the molecule is CC(C1CCCC1)n1c(CCl)nc2cccc(Cl)c21. The molecule has 1 saturated carbocycles. The van der Waals surface area contributed by atoms with Gasteiger partial charge in [0.05, 0.1) is 21.9 Å². The standard InChI is InChI=1S/C15H18Cl2N2/c1-10(11-5-2-3-6-11)19-14(9-16)18-13-8-4-7-12(17)15(13)19/h4,7-8,10-11H,2-3,5-6,9H2,1H3. The average molecular weight is 297 g/mol. The summed E-state index contributed by atoms with van der Waals surface area (Å²) in [5.74, 6) is 2.09. The number of alkyl halides is 1. The lowest BCUT2D eigenvalue weighted by atomic mass is 9.99. The zero-order valence-corrected chi connectivity index (χ0v) is 12.6. The molecule has 0 N–H and O–H groups in total. The van der Waals surface area contributed by atoms with Gasteiger partial charge in [-0.3, -0.25) is 0 Å². The largest absolute Gasteiger partial charge is 0.323 e. The van der Waals surface area contributed by atoms with Crippen molar-refractivity contribution >= 4 is 34.2 Å². The van der Waals surface area contributed by atoms with E-state index in [4.69, 9.17) is 23.2 Å². The molecular weight excluding hydrogens is 279 g/mol. The van der Waals surface area contributed by atoms with Crippen molar-refractivity contribution in [3.8, 4) is 0 Å². The van der Waals surface area contributed by atoms with E-state index in [0.717, 1.165) is 27.8 Å². The monoisotopic (exact) mass is 296 g/mol. The molecule has 2 nitrogen and oxygen atoms in total. The molecule has 1 unspecified atom stereocenters. The summed E-state index contributed by atoms with van der Waals surface area (Å²) in [7, 11) is 0. The molecule has 1 fully saturated rings. The topological polar surface area (TPSA) is 17.8 Å². The number of hydrogen-bond acceptors (Lipinski definition) is 1. The fourth-order valence-electron chi connectivity index (χ4n) is 3.34. The molecule has 0 bridgehead atoms. The summed E-state index contributed by atoms with van der Waals surface area (Å²) in [6, 6.07) is 6.30. The molecule has 1 aliphatic rings. The van der Waals surface area contributed by atoms with Gasteiger partial charge in [-0.05, 0) is 37.8 Å². The van der Waals surface area contributed by atoms with Crippen LogP contribution in [0.4, 0.5) is 0 Å². The van der Waals surface area contributed by atoms with Crippen LogP contribution in [0.25, 0.3) is 11.0 Å². The molecule has 1 aromatic heterocycles. The van der Waals surface area contributed by atoms with Crippen molar-refractivity contribution in [3.05, 3.63) is 29.0 Å². The number of nitrogens with zero attached hydrogens (tertiary/aromatic N) is 2. The number of rotatable bonds is 3. The summed E-state index contributed by atoms with van der Waals surface area (Å²) in [5, 5.41) is 0.770. The number of para-hydroxylation sites is 1. The number of fused-ring (bicyclic) bond motifs is 1. The number of halogens is 2. The molecule has 0 amide bonds. The van der Waals surface area contributed by atoms with E-state index in [1.807, 2.05) is 18.2 Å². The van der Waals surface area contributed by atoms with Crippen molar-refractivity contribution in [1.29, 1.82) is 0 Å². The third kappa shape index (κ3) is 2.25. The van der Waals surface area contributed by atoms with Gasteiger partial charge in [0.15, 0.2) is 0 Å². The minimum absolute atomic E-state index is 0.418. The molecule has 0 radical (unpaired) electrons. The molecule has 0 saturated heterocycles. The van der Waals surface area contributed by atoms with Crippen LogP contribution in [0.2, 0.25) is 5.02 Å². The van der Waals surface area contributed by atoms with Gasteiger partial charge in [0.25, 0.3) is 0 Å². The highest BCUT2D eigenvalue weighted by atomic mass is 35.5. The van der Waals surface area contributed by atoms with E-state index in [0.29, 0.717) is 11.9 Å². The van der Waals surface area contributed by atoms with Gasteiger partial charge in [-0.1, -0.05) is 30.5 Å². The van der Waals surface area contributed by atoms with Gasteiger partial charge in [0.1, 0.15) is 5.82 Å². The van der Waals surface area contributed by atoms with E-state index < -0.39 is 0 Å². The lowest BCUT2D eigenvalue weighted by molar-refractivity contribution is 0.362. The lowest BCUT2D eigenvalue weighted by Gasteiger charge is -2.23. The van der Waals surface area contributed by atoms with E-state index in [1.54, 1.807) is 0 Å². The Bertz CT molecular complexity index is 585. The molecule has 0 aliphatic heterocycles. The Kier molecular flexibility index (Phi) is 3.72. The fourth-order valence-corrected chi connectivity index (χ4v) is 3.79. The molecule has 1 aliphatic carbocycles. The van der Waals surface area contributed by atoms with Crippen LogP contribution in [-0.2, 0) is 5.88 Å². The molecule has 19 heavy (non-hydrogen) atoms. The van der Waals surface area contributed by atoms with Crippen LogP contribution in [0.1, 0.15) is 44.5 Å². The van der Waals surface area contributed by atoms with Crippen LogP contribution < -0.4 is 0 Å². The summed E-state index contributed by atoms with van der Waals surface area (Å²) >= 11 is 12.5. The first-order chi connectivity index (χ1) is 9.22. The number of benzene rings is 1. The highest BCUT2D eigenvalue weighted by Gasteiger charge is 2.26. The van der Waals surface area contributed by atoms with Crippen molar-refractivity contribution in [3.63, 3.8) is 0 Å². The quantitative estimate of drug-likeness (QED) is 0.714. The van der Waals surface area contributed by atoms with Crippen molar-refractivity contribution in [2.45, 2.75) is 44.5 Å². The zero-order valence-electron chi connectivity index (χ0n) is 11.1. The Balaban J connectivity index is 2.14. The van der Waals surface area contributed by atoms with Gasteiger partial charge in [-0.2, -0.15) is 0 Å². The predicted octanol–water partition coefficient (Wildman–Crippen LogP) is 5.18. The van der Waals surface area contributed by atoms with Crippen LogP contribution >= 0.6 is 23.2 Å².